The van der Waals surface area contributed by atoms with Crippen LogP contribution in [0.5, 0.6) is 0 Å². The second-order valence-electron chi connectivity index (χ2n) is 4.21. The standard InChI is InChI=1S/C14H7Br2ClN2O/c15-8-5-10-12(11(16)6-8)18-13(19-14(10)20)7-1-3-9(17)4-2-7/h1-6H,(H,18,19,20). The number of H-pyrrole nitrogens is 1. The van der Waals surface area contributed by atoms with Gasteiger partial charge in [0, 0.05) is 19.5 Å². The molecule has 3 nitrogen and oxygen atoms in total. The van der Waals surface area contributed by atoms with Gasteiger partial charge in [-0.25, -0.2) is 4.98 Å². The van der Waals surface area contributed by atoms with Gasteiger partial charge >= 0.3 is 0 Å². The van der Waals surface area contributed by atoms with Crippen molar-refractivity contribution in [2.45, 2.75) is 0 Å². The fourth-order valence-electron chi connectivity index (χ4n) is 1.91. The minimum Gasteiger partial charge on any atom is -0.306 e. The molecule has 0 fully saturated rings. The molecule has 0 bridgehead atoms. The first-order valence-corrected chi connectivity index (χ1v) is 7.66. The van der Waals surface area contributed by atoms with Crippen molar-refractivity contribution >= 4 is 54.4 Å². The zero-order chi connectivity index (χ0) is 14.3. The van der Waals surface area contributed by atoms with Crippen LogP contribution in [0.25, 0.3) is 22.3 Å². The Hall–Kier alpha value is -1.17. The Morgan fingerprint density at radius 3 is 2.50 bits per heavy atom. The number of benzene rings is 2. The molecular weight excluding hydrogens is 407 g/mol. The first-order valence-electron chi connectivity index (χ1n) is 5.69. The molecule has 0 unspecified atom stereocenters. The molecule has 0 atom stereocenters. The molecule has 0 aliphatic rings. The fourth-order valence-corrected chi connectivity index (χ4v) is 3.35. The normalized spacial score (nSPS) is 10.9. The average molecular weight is 414 g/mol. The lowest BCUT2D eigenvalue weighted by molar-refractivity contribution is 1.17. The number of nitrogens with one attached hydrogen (secondary N) is 1. The highest BCUT2D eigenvalue weighted by atomic mass is 79.9. The molecule has 0 spiro atoms. The molecule has 0 aliphatic carbocycles. The molecule has 0 saturated carbocycles. The maximum absolute atomic E-state index is 12.2. The zero-order valence-corrected chi connectivity index (χ0v) is 13.9. The van der Waals surface area contributed by atoms with Crippen LogP contribution in [0.2, 0.25) is 5.02 Å². The first-order chi connectivity index (χ1) is 9.54. The van der Waals surface area contributed by atoms with Crippen LogP contribution in [0.15, 0.2) is 50.1 Å². The van der Waals surface area contributed by atoms with Gasteiger partial charge in [-0.1, -0.05) is 27.5 Å². The van der Waals surface area contributed by atoms with Crippen molar-refractivity contribution in [3.8, 4) is 11.4 Å². The quantitative estimate of drug-likeness (QED) is 0.624. The van der Waals surface area contributed by atoms with Gasteiger partial charge in [0.2, 0.25) is 0 Å². The van der Waals surface area contributed by atoms with Gasteiger partial charge in [0.1, 0.15) is 5.82 Å². The Morgan fingerprint density at radius 1 is 1.10 bits per heavy atom. The van der Waals surface area contributed by atoms with E-state index in [2.05, 4.69) is 41.8 Å². The molecule has 0 aliphatic heterocycles. The third-order valence-corrected chi connectivity index (χ3v) is 4.16. The van der Waals surface area contributed by atoms with Gasteiger partial charge in [-0.2, -0.15) is 0 Å². The Labute approximate surface area is 136 Å². The number of aromatic amines is 1. The Bertz CT molecular complexity index is 859. The van der Waals surface area contributed by atoms with E-state index in [-0.39, 0.29) is 5.56 Å². The van der Waals surface area contributed by atoms with Gasteiger partial charge in [-0.15, -0.1) is 0 Å². The van der Waals surface area contributed by atoms with Crippen molar-refractivity contribution in [3.05, 3.63) is 60.7 Å². The Kier molecular flexibility index (Phi) is 3.67. The van der Waals surface area contributed by atoms with E-state index in [0.29, 0.717) is 21.7 Å². The lowest BCUT2D eigenvalue weighted by Gasteiger charge is -2.05. The molecule has 1 N–H and O–H groups in total. The largest absolute Gasteiger partial charge is 0.306 e. The van der Waals surface area contributed by atoms with E-state index in [1.807, 2.05) is 18.2 Å². The minimum absolute atomic E-state index is 0.179. The maximum atomic E-state index is 12.2. The highest BCUT2D eigenvalue weighted by molar-refractivity contribution is 9.11. The number of fused-ring (bicyclic) bond motifs is 1. The summed E-state index contributed by atoms with van der Waals surface area (Å²) in [4.78, 5) is 19.5. The van der Waals surface area contributed by atoms with Crippen LogP contribution in [-0.2, 0) is 0 Å². The van der Waals surface area contributed by atoms with Crippen molar-refractivity contribution in [2.75, 3.05) is 0 Å². The average Bonchev–Trinajstić information content (AvgIpc) is 2.40. The number of hydrogen-bond donors (Lipinski definition) is 1. The Balaban J connectivity index is 2.29. The summed E-state index contributed by atoms with van der Waals surface area (Å²) >= 11 is 12.7. The predicted octanol–water partition coefficient (Wildman–Crippen LogP) is 4.77. The number of halogens is 3. The summed E-state index contributed by atoms with van der Waals surface area (Å²) in [6, 6.07) is 10.8. The molecular formula is C14H7Br2ClN2O. The van der Waals surface area contributed by atoms with Crippen LogP contribution < -0.4 is 5.56 Å². The van der Waals surface area contributed by atoms with Crippen molar-refractivity contribution in [2.24, 2.45) is 0 Å². The molecule has 100 valence electrons. The lowest BCUT2D eigenvalue weighted by atomic mass is 10.2. The number of aromatic nitrogens is 2. The van der Waals surface area contributed by atoms with E-state index >= 15 is 0 Å². The molecule has 3 rings (SSSR count). The highest BCUT2D eigenvalue weighted by Gasteiger charge is 2.09. The van der Waals surface area contributed by atoms with E-state index in [1.165, 1.54) is 0 Å². The second kappa shape index (κ2) is 5.31. The fraction of sp³-hybridized carbons (Fsp3) is 0. The number of hydrogen-bond acceptors (Lipinski definition) is 2. The molecule has 20 heavy (non-hydrogen) atoms. The van der Waals surface area contributed by atoms with Crippen LogP contribution in [0, 0.1) is 0 Å². The molecule has 0 radical (unpaired) electrons. The zero-order valence-electron chi connectivity index (χ0n) is 9.95. The van der Waals surface area contributed by atoms with Crippen LogP contribution in [0.4, 0.5) is 0 Å². The third kappa shape index (κ3) is 2.53. The van der Waals surface area contributed by atoms with Crippen LogP contribution in [0.3, 0.4) is 0 Å². The topological polar surface area (TPSA) is 45.8 Å². The van der Waals surface area contributed by atoms with Gasteiger partial charge < -0.3 is 4.98 Å². The molecule has 2 aromatic carbocycles. The SMILES string of the molecule is O=c1[nH]c(-c2ccc(Cl)cc2)nc2c(Br)cc(Br)cc12. The number of nitrogens with zero attached hydrogens (tertiary/aromatic N) is 1. The van der Waals surface area contributed by atoms with Crippen LogP contribution >= 0.6 is 43.5 Å². The van der Waals surface area contributed by atoms with Crippen molar-refractivity contribution in [3.63, 3.8) is 0 Å². The monoisotopic (exact) mass is 412 g/mol. The smallest absolute Gasteiger partial charge is 0.259 e. The summed E-state index contributed by atoms with van der Waals surface area (Å²) in [7, 11) is 0. The molecule has 0 saturated heterocycles. The van der Waals surface area contributed by atoms with Gasteiger partial charge in [0.05, 0.1) is 10.9 Å². The first kappa shape index (κ1) is 13.8. The second-order valence-corrected chi connectivity index (χ2v) is 6.41. The third-order valence-electron chi connectivity index (χ3n) is 2.85. The van der Waals surface area contributed by atoms with E-state index < -0.39 is 0 Å². The molecule has 0 amide bonds. The van der Waals surface area contributed by atoms with Crippen LogP contribution in [0.1, 0.15) is 0 Å². The summed E-state index contributed by atoms with van der Waals surface area (Å²) in [6.07, 6.45) is 0. The molecule has 6 heteroatoms. The van der Waals surface area contributed by atoms with Crippen molar-refractivity contribution in [1.82, 2.24) is 9.97 Å². The molecule has 1 heterocycles. The maximum Gasteiger partial charge on any atom is 0.259 e. The lowest BCUT2D eigenvalue weighted by Crippen LogP contribution is -2.09. The molecule has 1 aromatic heterocycles. The summed E-state index contributed by atoms with van der Waals surface area (Å²) in [5.74, 6) is 0.516. The van der Waals surface area contributed by atoms with Gasteiger partial charge in [-0.05, 0) is 52.3 Å². The van der Waals surface area contributed by atoms with E-state index in [0.717, 1.165) is 14.5 Å². The highest BCUT2D eigenvalue weighted by Crippen LogP contribution is 2.27. The molecule has 3 aromatic rings. The summed E-state index contributed by atoms with van der Waals surface area (Å²) in [5, 5.41) is 1.17. The van der Waals surface area contributed by atoms with Crippen LogP contribution in [-0.4, -0.2) is 9.97 Å². The Morgan fingerprint density at radius 2 is 1.80 bits per heavy atom. The van der Waals surface area contributed by atoms with Crippen molar-refractivity contribution < 1.29 is 0 Å². The van der Waals surface area contributed by atoms with Gasteiger partial charge in [0.25, 0.3) is 5.56 Å². The number of rotatable bonds is 1. The summed E-state index contributed by atoms with van der Waals surface area (Å²) in [6.45, 7) is 0. The van der Waals surface area contributed by atoms with E-state index in [4.69, 9.17) is 11.6 Å². The van der Waals surface area contributed by atoms with Crippen molar-refractivity contribution in [1.29, 1.82) is 0 Å². The van der Waals surface area contributed by atoms with Gasteiger partial charge in [-0.3, -0.25) is 4.79 Å². The predicted molar refractivity (Wildman–Crippen MR) is 88.2 cm³/mol. The summed E-state index contributed by atoms with van der Waals surface area (Å²) < 4.78 is 1.59. The van der Waals surface area contributed by atoms with Gasteiger partial charge in [0.15, 0.2) is 0 Å². The minimum atomic E-state index is -0.179. The summed E-state index contributed by atoms with van der Waals surface area (Å²) in [5.41, 5.74) is 1.26. The van der Waals surface area contributed by atoms with E-state index in [1.54, 1.807) is 18.2 Å². The van der Waals surface area contributed by atoms with E-state index in [9.17, 15) is 4.79 Å².